The molecule has 0 spiro atoms. The van der Waals surface area contributed by atoms with E-state index in [0.717, 1.165) is 16.9 Å². The molecule has 6 nitrogen and oxygen atoms in total. The second-order valence-corrected chi connectivity index (χ2v) is 9.23. The summed E-state index contributed by atoms with van der Waals surface area (Å²) in [5.74, 6) is 1.18. The van der Waals surface area contributed by atoms with E-state index in [-0.39, 0.29) is 5.91 Å². The van der Waals surface area contributed by atoms with Crippen molar-refractivity contribution in [2.24, 2.45) is 0 Å². The second-order valence-electron chi connectivity index (χ2n) is 7.32. The Morgan fingerprint density at radius 2 is 1.60 bits per heavy atom. The van der Waals surface area contributed by atoms with Crippen molar-refractivity contribution in [1.82, 2.24) is 0 Å². The van der Waals surface area contributed by atoms with Crippen molar-refractivity contribution in [2.45, 2.75) is 13.3 Å². The molecule has 0 aromatic heterocycles. The van der Waals surface area contributed by atoms with Crippen LogP contribution in [0, 0.1) is 6.92 Å². The highest BCUT2D eigenvalue weighted by molar-refractivity contribution is 7.92. The summed E-state index contributed by atoms with van der Waals surface area (Å²) in [6, 6.07) is 20.0. The number of hydrogen-bond donors (Lipinski definition) is 1. The number of amides is 1. The Bertz CT molecular complexity index is 1190. The van der Waals surface area contributed by atoms with Crippen LogP contribution in [-0.4, -0.2) is 27.1 Å². The largest absolute Gasteiger partial charge is 0.457 e. The van der Waals surface area contributed by atoms with Crippen LogP contribution in [0.5, 0.6) is 11.5 Å². The monoisotopic (exact) mass is 422 g/mol. The smallest absolute Gasteiger partial charge is 0.255 e. The summed E-state index contributed by atoms with van der Waals surface area (Å²) in [7, 11) is -3.31. The Morgan fingerprint density at radius 3 is 2.23 bits per heavy atom. The number of hydrogen-bond acceptors (Lipinski definition) is 4. The van der Waals surface area contributed by atoms with Crippen LogP contribution in [0.15, 0.2) is 66.7 Å². The van der Waals surface area contributed by atoms with E-state index in [1.165, 1.54) is 10.6 Å². The quantitative estimate of drug-likeness (QED) is 0.663. The third kappa shape index (κ3) is 4.31. The fourth-order valence-electron chi connectivity index (χ4n) is 3.41. The average Bonchev–Trinajstić information content (AvgIpc) is 3.15. The molecule has 3 aromatic rings. The third-order valence-electron chi connectivity index (χ3n) is 4.96. The van der Waals surface area contributed by atoms with E-state index in [4.69, 9.17) is 4.74 Å². The van der Waals surface area contributed by atoms with Gasteiger partial charge >= 0.3 is 0 Å². The minimum atomic E-state index is -3.31. The van der Waals surface area contributed by atoms with Gasteiger partial charge in [0.2, 0.25) is 10.0 Å². The van der Waals surface area contributed by atoms with Crippen LogP contribution in [0.2, 0.25) is 0 Å². The Balaban J connectivity index is 1.43. The van der Waals surface area contributed by atoms with Crippen LogP contribution in [0.1, 0.15) is 21.5 Å². The minimum absolute atomic E-state index is 0.247. The SMILES string of the molecule is Cc1ccc(Oc2ccc(NC(=O)c3ccc4c(c3)CCN4S(C)(=O)=O)cc2)cc1. The lowest BCUT2D eigenvalue weighted by atomic mass is 10.1. The Labute approximate surface area is 176 Å². The standard InChI is InChI=1S/C23H22N2O4S/c1-16-3-8-20(9-4-16)29-21-10-6-19(7-11-21)24-23(26)18-5-12-22-17(15-18)13-14-25(22)30(2,27)28/h3-12,15H,13-14H2,1-2H3,(H,24,26). The molecule has 0 unspecified atom stereocenters. The van der Waals surface area contributed by atoms with Crippen LogP contribution in [0.25, 0.3) is 0 Å². The van der Waals surface area contributed by atoms with Crippen molar-refractivity contribution >= 4 is 27.3 Å². The van der Waals surface area contributed by atoms with Gasteiger partial charge < -0.3 is 10.1 Å². The molecular weight excluding hydrogens is 400 g/mol. The number of nitrogens with zero attached hydrogens (tertiary/aromatic N) is 1. The Morgan fingerprint density at radius 1 is 0.967 bits per heavy atom. The van der Waals surface area contributed by atoms with Crippen LogP contribution < -0.4 is 14.4 Å². The maximum absolute atomic E-state index is 12.6. The van der Waals surface area contributed by atoms with E-state index >= 15 is 0 Å². The number of fused-ring (bicyclic) bond motifs is 1. The molecule has 3 aromatic carbocycles. The number of carbonyl (C=O) groups is 1. The molecule has 0 radical (unpaired) electrons. The average molecular weight is 423 g/mol. The highest BCUT2D eigenvalue weighted by atomic mass is 32.2. The molecule has 1 amide bonds. The summed E-state index contributed by atoms with van der Waals surface area (Å²) in [6.45, 7) is 2.42. The first kappa shape index (κ1) is 20.0. The first-order valence-corrected chi connectivity index (χ1v) is 11.4. The lowest BCUT2D eigenvalue weighted by Crippen LogP contribution is -2.27. The fourth-order valence-corrected chi connectivity index (χ4v) is 4.37. The highest BCUT2D eigenvalue weighted by Gasteiger charge is 2.26. The van der Waals surface area contributed by atoms with Crippen molar-refractivity contribution in [3.8, 4) is 11.5 Å². The maximum atomic E-state index is 12.6. The van der Waals surface area contributed by atoms with Crippen LogP contribution >= 0.6 is 0 Å². The zero-order valence-electron chi connectivity index (χ0n) is 16.8. The summed E-state index contributed by atoms with van der Waals surface area (Å²) in [5, 5.41) is 2.86. The number of aryl methyl sites for hydroxylation is 1. The number of nitrogens with one attached hydrogen (secondary N) is 1. The van der Waals surface area contributed by atoms with Gasteiger partial charge in [-0.25, -0.2) is 8.42 Å². The first-order valence-electron chi connectivity index (χ1n) is 9.56. The lowest BCUT2D eigenvalue weighted by Gasteiger charge is -2.16. The molecule has 1 N–H and O–H groups in total. The van der Waals surface area contributed by atoms with Crippen molar-refractivity contribution in [1.29, 1.82) is 0 Å². The van der Waals surface area contributed by atoms with Crippen molar-refractivity contribution in [2.75, 3.05) is 22.4 Å². The molecule has 1 aliphatic rings. The molecule has 0 aliphatic carbocycles. The zero-order valence-corrected chi connectivity index (χ0v) is 17.6. The molecule has 0 saturated carbocycles. The highest BCUT2D eigenvalue weighted by Crippen LogP contribution is 2.31. The molecule has 4 rings (SSSR count). The molecule has 154 valence electrons. The van der Waals surface area contributed by atoms with E-state index in [0.29, 0.717) is 35.7 Å². The van der Waals surface area contributed by atoms with Crippen LogP contribution in [0.3, 0.4) is 0 Å². The summed E-state index contributed by atoms with van der Waals surface area (Å²) >= 11 is 0. The van der Waals surface area contributed by atoms with Gasteiger partial charge in [0.15, 0.2) is 0 Å². The predicted octanol–water partition coefficient (Wildman–Crippen LogP) is 4.36. The second kappa shape index (κ2) is 7.84. The molecule has 30 heavy (non-hydrogen) atoms. The number of anilines is 2. The molecule has 0 bridgehead atoms. The Kier molecular flexibility index (Phi) is 5.22. The molecular formula is C23H22N2O4S. The van der Waals surface area contributed by atoms with Gasteiger partial charge in [-0.1, -0.05) is 17.7 Å². The number of benzene rings is 3. The van der Waals surface area contributed by atoms with Crippen LogP contribution in [0.4, 0.5) is 11.4 Å². The third-order valence-corrected chi connectivity index (χ3v) is 6.14. The molecule has 0 atom stereocenters. The van der Waals surface area contributed by atoms with Gasteiger partial charge in [0.25, 0.3) is 5.91 Å². The zero-order chi connectivity index (χ0) is 21.3. The van der Waals surface area contributed by atoms with Gasteiger partial charge in [0.1, 0.15) is 11.5 Å². The summed E-state index contributed by atoms with van der Waals surface area (Å²) < 4.78 is 30.9. The molecule has 1 aliphatic heterocycles. The number of ether oxygens (including phenoxy) is 1. The van der Waals surface area contributed by atoms with Crippen molar-refractivity contribution < 1.29 is 17.9 Å². The Hall–Kier alpha value is -3.32. The normalized spacial score (nSPS) is 13.1. The molecule has 0 fully saturated rings. The van der Waals surface area contributed by atoms with E-state index in [1.807, 2.05) is 31.2 Å². The molecule has 0 saturated heterocycles. The van der Waals surface area contributed by atoms with E-state index in [1.54, 1.807) is 42.5 Å². The van der Waals surface area contributed by atoms with Gasteiger partial charge in [-0.2, -0.15) is 0 Å². The van der Waals surface area contributed by atoms with Crippen LogP contribution in [-0.2, 0) is 16.4 Å². The van der Waals surface area contributed by atoms with Crippen molar-refractivity contribution in [3.05, 3.63) is 83.4 Å². The first-order chi connectivity index (χ1) is 14.3. The number of carbonyl (C=O) groups excluding carboxylic acids is 1. The number of rotatable bonds is 5. The van der Waals surface area contributed by atoms with Gasteiger partial charge in [0, 0.05) is 17.8 Å². The van der Waals surface area contributed by atoms with E-state index < -0.39 is 10.0 Å². The summed E-state index contributed by atoms with van der Waals surface area (Å²) in [5.41, 5.74) is 3.80. The molecule has 7 heteroatoms. The maximum Gasteiger partial charge on any atom is 0.255 e. The lowest BCUT2D eigenvalue weighted by molar-refractivity contribution is 0.102. The summed E-state index contributed by atoms with van der Waals surface area (Å²) in [6.07, 6.45) is 1.78. The van der Waals surface area contributed by atoms with Gasteiger partial charge in [0.05, 0.1) is 11.9 Å². The summed E-state index contributed by atoms with van der Waals surface area (Å²) in [4.78, 5) is 12.6. The van der Waals surface area contributed by atoms with Gasteiger partial charge in [-0.15, -0.1) is 0 Å². The van der Waals surface area contributed by atoms with Crippen molar-refractivity contribution in [3.63, 3.8) is 0 Å². The van der Waals surface area contributed by atoms with Gasteiger partial charge in [-0.05, 0) is 73.5 Å². The topological polar surface area (TPSA) is 75.7 Å². The minimum Gasteiger partial charge on any atom is -0.457 e. The predicted molar refractivity (Wildman–Crippen MR) is 118 cm³/mol. The van der Waals surface area contributed by atoms with E-state index in [9.17, 15) is 13.2 Å². The fraction of sp³-hybridized carbons (Fsp3) is 0.174. The van der Waals surface area contributed by atoms with Gasteiger partial charge in [-0.3, -0.25) is 9.10 Å². The number of sulfonamides is 1. The molecule has 1 heterocycles. The van der Waals surface area contributed by atoms with E-state index in [2.05, 4.69) is 5.32 Å².